The molecule has 0 aliphatic rings. The lowest BCUT2D eigenvalue weighted by atomic mass is 10.3. The van der Waals surface area contributed by atoms with Gasteiger partial charge in [-0.15, -0.1) is 0 Å². The van der Waals surface area contributed by atoms with Crippen molar-refractivity contribution >= 4 is 27.4 Å². The Hall–Kier alpha value is 0.0300. The number of carbonyl (C=O) groups is 1. The first-order valence-electron chi connectivity index (χ1n) is 3.39. The molecular formula is C7H12O3S2. The van der Waals surface area contributed by atoms with E-state index < -0.39 is 10.9 Å². The van der Waals surface area contributed by atoms with Gasteiger partial charge in [0.25, 0.3) is 0 Å². The van der Waals surface area contributed by atoms with Gasteiger partial charge in [-0.25, -0.2) is 0 Å². The standard InChI is InChI=1S/C7H12O3S2/c1-3-6(9)4-7(10)12-11-5(2)8/h3,5,7-8,10H,1,4H2,2H3. The summed E-state index contributed by atoms with van der Waals surface area (Å²) in [6.07, 6.45) is 1.23. The monoisotopic (exact) mass is 208 g/mol. The molecule has 0 rings (SSSR count). The van der Waals surface area contributed by atoms with Gasteiger partial charge < -0.3 is 10.2 Å². The Morgan fingerprint density at radius 2 is 2.17 bits per heavy atom. The minimum Gasteiger partial charge on any atom is -0.382 e. The minimum absolute atomic E-state index is 0.0495. The fraction of sp³-hybridized carbons (Fsp3) is 0.571. The van der Waals surface area contributed by atoms with E-state index in [1.165, 1.54) is 6.08 Å². The summed E-state index contributed by atoms with van der Waals surface area (Å²) < 4.78 is 0. The highest BCUT2D eigenvalue weighted by Crippen LogP contribution is 2.29. The van der Waals surface area contributed by atoms with Crippen LogP contribution in [0, 0.1) is 0 Å². The van der Waals surface area contributed by atoms with Gasteiger partial charge in [0.05, 0.1) is 0 Å². The van der Waals surface area contributed by atoms with Crippen LogP contribution in [0.4, 0.5) is 0 Å². The van der Waals surface area contributed by atoms with Gasteiger partial charge in [0.2, 0.25) is 0 Å². The molecule has 2 N–H and O–H groups in total. The zero-order chi connectivity index (χ0) is 9.56. The summed E-state index contributed by atoms with van der Waals surface area (Å²) in [5.41, 5.74) is -1.31. The van der Waals surface area contributed by atoms with Crippen LogP contribution in [0.15, 0.2) is 12.7 Å². The summed E-state index contributed by atoms with van der Waals surface area (Å²) >= 11 is 0. The summed E-state index contributed by atoms with van der Waals surface area (Å²) in [6.45, 7) is 4.88. The Bertz CT molecular complexity index is 159. The van der Waals surface area contributed by atoms with Crippen molar-refractivity contribution in [3.8, 4) is 0 Å². The first kappa shape index (κ1) is 12.0. The number of hydrogen-bond acceptors (Lipinski definition) is 5. The number of ketones is 1. The smallest absolute Gasteiger partial charge is 0.158 e. The Balaban J connectivity index is 3.52. The van der Waals surface area contributed by atoms with Crippen LogP contribution in [0.3, 0.4) is 0 Å². The molecule has 2 unspecified atom stereocenters. The number of rotatable bonds is 6. The molecule has 12 heavy (non-hydrogen) atoms. The van der Waals surface area contributed by atoms with Crippen molar-refractivity contribution < 1.29 is 15.0 Å². The number of aliphatic hydroxyl groups is 2. The molecule has 0 radical (unpaired) electrons. The molecule has 70 valence electrons. The molecule has 0 aliphatic heterocycles. The van der Waals surface area contributed by atoms with Crippen LogP contribution >= 0.6 is 21.6 Å². The predicted molar refractivity (Wildman–Crippen MR) is 52.7 cm³/mol. The lowest BCUT2D eigenvalue weighted by Crippen LogP contribution is -2.06. The molecule has 0 aromatic rings. The third kappa shape index (κ3) is 6.72. The normalized spacial score (nSPS) is 15.2. The van der Waals surface area contributed by atoms with E-state index in [9.17, 15) is 4.79 Å². The molecule has 0 aromatic carbocycles. The average Bonchev–Trinajstić information content (AvgIpc) is 2.00. The van der Waals surface area contributed by atoms with Gasteiger partial charge in [-0.2, -0.15) is 0 Å². The van der Waals surface area contributed by atoms with Crippen LogP contribution < -0.4 is 0 Å². The first-order valence-corrected chi connectivity index (χ1v) is 5.67. The van der Waals surface area contributed by atoms with E-state index in [2.05, 4.69) is 6.58 Å². The van der Waals surface area contributed by atoms with Crippen LogP contribution in [-0.4, -0.2) is 26.9 Å². The van der Waals surface area contributed by atoms with E-state index in [0.29, 0.717) is 0 Å². The van der Waals surface area contributed by atoms with E-state index in [4.69, 9.17) is 10.2 Å². The van der Waals surface area contributed by atoms with Crippen molar-refractivity contribution in [2.24, 2.45) is 0 Å². The maximum atomic E-state index is 10.7. The molecule has 0 amide bonds. The Morgan fingerprint density at radius 3 is 2.58 bits per heavy atom. The summed E-state index contributed by atoms with van der Waals surface area (Å²) in [6, 6.07) is 0. The Kier molecular flexibility index (Phi) is 6.55. The molecule has 0 saturated heterocycles. The molecule has 2 atom stereocenters. The summed E-state index contributed by atoms with van der Waals surface area (Å²) in [7, 11) is 2.21. The van der Waals surface area contributed by atoms with Gasteiger partial charge in [-0.05, 0) is 13.0 Å². The molecule has 0 saturated carbocycles. The molecular weight excluding hydrogens is 196 g/mol. The Morgan fingerprint density at radius 1 is 1.58 bits per heavy atom. The van der Waals surface area contributed by atoms with Crippen LogP contribution in [-0.2, 0) is 4.79 Å². The SMILES string of the molecule is C=CC(=O)CC(O)SSC(C)O. The van der Waals surface area contributed by atoms with E-state index in [0.717, 1.165) is 21.6 Å². The second-order valence-electron chi connectivity index (χ2n) is 2.12. The maximum Gasteiger partial charge on any atom is 0.158 e. The molecule has 0 aromatic heterocycles. The van der Waals surface area contributed by atoms with Crippen LogP contribution in [0.2, 0.25) is 0 Å². The molecule has 0 spiro atoms. The number of allylic oxidation sites excluding steroid dienone is 1. The molecule has 0 fully saturated rings. The molecule has 3 nitrogen and oxygen atoms in total. The highest BCUT2D eigenvalue weighted by Gasteiger charge is 2.10. The maximum absolute atomic E-state index is 10.7. The van der Waals surface area contributed by atoms with E-state index in [-0.39, 0.29) is 12.2 Å². The largest absolute Gasteiger partial charge is 0.382 e. The zero-order valence-electron chi connectivity index (χ0n) is 6.77. The minimum atomic E-state index is -0.768. The van der Waals surface area contributed by atoms with Gasteiger partial charge in [0.15, 0.2) is 5.78 Å². The highest BCUT2D eigenvalue weighted by atomic mass is 33.1. The lowest BCUT2D eigenvalue weighted by molar-refractivity contribution is -0.115. The lowest BCUT2D eigenvalue weighted by Gasteiger charge is -2.08. The van der Waals surface area contributed by atoms with Crippen molar-refractivity contribution in [1.29, 1.82) is 0 Å². The topological polar surface area (TPSA) is 57.5 Å². The highest BCUT2D eigenvalue weighted by molar-refractivity contribution is 8.77. The van der Waals surface area contributed by atoms with E-state index in [1.54, 1.807) is 6.92 Å². The van der Waals surface area contributed by atoms with E-state index in [1.807, 2.05) is 0 Å². The van der Waals surface area contributed by atoms with E-state index >= 15 is 0 Å². The fourth-order valence-electron chi connectivity index (χ4n) is 0.434. The first-order chi connectivity index (χ1) is 5.56. The van der Waals surface area contributed by atoms with Gasteiger partial charge in [-0.1, -0.05) is 28.2 Å². The van der Waals surface area contributed by atoms with Crippen molar-refractivity contribution in [3.63, 3.8) is 0 Å². The summed E-state index contributed by atoms with van der Waals surface area (Å²) in [4.78, 5) is 10.7. The second-order valence-corrected chi connectivity index (χ2v) is 4.89. The number of carbonyl (C=O) groups excluding carboxylic acids is 1. The van der Waals surface area contributed by atoms with Crippen molar-refractivity contribution in [1.82, 2.24) is 0 Å². The fourth-order valence-corrected chi connectivity index (χ4v) is 2.03. The quantitative estimate of drug-likeness (QED) is 0.390. The van der Waals surface area contributed by atoms with Gasteiger partial charge in [-0.3, -0.25) is 4.79 Å². The van der Waals surface area contributed by atoms with Crippen LogP contribution in [0.25, 0.3) is 0 Å². The number of hydrogen-bond donors (Lipinski definition) is 2. The third-order valence-corrected chi connectivity index (χ3v) is 3.52. The van der Waals surface area contributed by atoms with Crippen LogP contribution in [0.1, 0.15) is 13.3 Å². The third-order valence-electron chi connectivity index (χ3n) is 0.909. The summed E-state index contributed by atoms with van der Waals surface area (Å²) in [5.74, 6) is -0.193. The molecule has 5 heteroatoms. The van der Waals surface area contributed by atoms with Gasteiger partial charge in [0, 0.05) is 6.42 Å². The predicted octanol–water partition coefficient (Wildman–Crippen LogP) is 1.17. The average molecular weight is 208 g/mol. The van der Waals surface area contributed by atoms with Crippen molar-refractivity contribution in [3.05, 3.63) is 12.7 Å². The van der Waals surface area contributed by atoms with Crippen molar-refractivity contribution in [2.75, 3.05) is 0 Å². The second kappa shape index (κ2) is 6.54. The Labute approximate surface area is 79.6 Å². The van der Waals surface area contributed by atoms with Crippen LogP contribution in [0.5, 0.6) is 0 Å². The summed E-state index contributed by atoms with van der Waals surface area (Å²) in [5, 5.41) is 18.0. The molecule has 0 bridgehead atoms. The molecule has 0 aliphatic carbocycles. The number of aliphatic hydroxyl groups excluding tert-OH is 2. The van der Waals surface area contributed by atoms with Crippen molar-refractivity contribution in [2.45, 2.75) is 24.2 Å². The molecule has 0 heterocycles. The van der Waals surface area contributed by atoms with Gasteiger partial charge >= 0.3 is 0 Å². The zero-order valence-corrected chi connectivity index (χ0v) is 8.40. The van der Waals surface area contributed by atoms with Gasteiger partial charge in [0.1, 0.15) is 10.9 Å².